The number of halogens is 1. The number of sulfonamides is 1. The Morgan fingerprint density at radius 1 is 1.12 bits per heavy atom. The van der Waals surface area contributed by atoms with E-state index in [1.807, 2.05) is 31.2 Å². The van der Waals surface area contributed by atoms with Crippen molar-refractivity contribution in [2.75, 3.05) is 7.05 Å². The van der Waals surface area contributed by atoms with Crippen molar-refractivity contribution in [3.05, 3.63) is 64.1 Å². The van der Waals surface area contributed by atoms with Crippen LogP contribution in [-0.4, -0.2) is 21.4 Å². The molecule has 0 heterocycles. The minimum Gasteiger partial charge on any atom is -0.352 e. The first-order valence-corrected chi connectivity index (χ1v) is 10.7. The van der Waals surface area contributed by atoms with E-state index in [-0.39, 0.29) is 16.7 Å². The van der Waals surface area contributed by atoms with Gasteiger partial charge >= 0.3 is 0 Å². The minimum atomic E-state index is -3.49. The van der Waals surface area contributed by atoms with E-state index in [1.54, 1.807) is 18.2 Å². The van der Waals surface area contributed by atoms with Gasteiger partial charge in [-0.05, 0) is 55.3 Å². The van der Waals surface area contributed by atoms with Crippen LogP contribution in [0.5, 0.6) is 0 Å². The molecule has 0 aliphatic heterocycles. The maximum atomic E-state index is 12.5. The molecule has 0 aliphatic rings. The van der Waals surface area contributed by atoms with E-state index in [9.17, 15) is 13.2 Å². The summed E-state index contributed by atoms with van der Waals surface area (Å²) < 4.78 is 27.0. The number of hydrogen-bond acceptors (Lipinski definition) is 3. The SMILES string of the molecule is CCC(Cc1cccc(Br)c1)C(=O)NCc1cccc(S(=O)(=O)NC)c1. The monoisotopic (exact) mass is 438 g/mol. The average molecular weight is 439 g/mol. The lowest BCUT2D eigenvalue weighted by Gasteiger charge is -2.15. The van der Waals surface area contributed by atoms with Crippen molar-refractivity contribution in [3.8, 4) is 0 Å². The molecule has 2 aromatic carbocycles. The molecule has 1 unspecified atom stereocenters. The molecular weight excluding hydrogens is 416 g/mol. The summed E-state index contributed by atoms with van der Waals surface area (Å²) in [5.74, 6) is -0.164. The van der Waals surface area contributed by atoms with E-state index in [0.29, 0.717) is 13.0 Å². The van der Waals surface area contributed by atoms with Gasteiger partial charge in [0.05, 0.1) is 4.90 Å². The van der Waals surface area contributed by atoms with Crippen molar-refractivity contribution in [1.29, 1.82) is 0 Å². The van der Waals surface area contributed by atoms with Crippen LogP contribution in [0.25, 0.3) is 0 Å². The molecule has 1 atom stereocenters. The van der Waals surface area contributed by atoms with Gasteiger partial charge in [-0.2, -0.15) is 0 Å². The highest BCUT2D eigenvalue weighted by molar-refractivity contribution is 9.10. The number of carbonyl (C=O) groups is 1. The highest BCUT2D eigenvalue weighted by Gasteiger charge is 2.17. The van der Waals surface area contributed by atoms with Crippen molar-refractivity contribution in [2.45, 2.75) is 31.2 Å². The normalized spacial score (nSPS) is 12.6. The molecular formula is C19H23BrN2O3S. The Morgan fingerprint density at radius 2 is 1.81 bits per heavy atom. The third kappa shape index (κ3) is 5.65. The van der Waals surface area contributed by atoms with Gasteiger partial charge in [-0.3, -0.25) is 4.79 Å². The summed E-state index contributed by atoms with van der Waals surface area (Å²) in [5, 5.41) is 2.92. The standard InChI is InChI=1S/C19H23BrN2O3S/c1-3-16(10-14-6-4-8-17(20)11-14)19(23)22-13-15-7-5-9-18(12-15)26(24,25)21-2/h4-9,11-12,16,21H,3,10,13H2,1-2H3,(H,22,23). The predicted octanol–water partition coefficient (Wildman–Crippen LogP) is 3.24. The van der Waals surface area contributed by atoms with Crippen LogP contribution in [-0.2, 0) is 27.8 Å². The van der Waals surface area contributed by atoms with Gasteiger partial charge in [0.15, 0.2) is 0 Å². The molecule has 0 saturated carbocycles. The lowest BCUT2D eigenvalue weighted by Crippen LogP contribution is -2.31. The van der Waals surface area contributed by atoms with Crippen LogP contribution >= 0.6 is 15.9 Å². The van der Waals surface area contributed by atoms with Gasteiger partial charge in [0, 0.05) is 16.9 Å². The summed E-state index contributed by atoms with van der Waals surface area (Å²) in [5.41, 5.74) is 1.84. The highest BCUT2D eigenvalue weighted by atomic mass is 79.9. The molecule has 0 bridgehead atoms. The van der Waals surface area contributed by atoms with Gasteiger partial charge in [0.25, 0.3) is 0 Å². The lowest BCUT2D eigenvalue weighted by atomic mass is 9.96. The molecule has 0 spiro atoms. The predicted molar refractivity (Wildman–Crippen MR) is 106 cm³/mol. The van der Waals surface area contributed by atoms with Crippen LogP contribution in [0.3, 0.4) is 0 Å². The zero-order valence-electron chi connectivity index (χ0n) is 14.8. The molecule has 0 aromatic heterocycles. The van der Waals surface area contributed by atoms with Crippen LogP contribution in [0.2, 0.25) is 0 Å². The molecule has 2 aromatic rings. The molecule has 0 fully saturated rings. The van der Waals surface area contributed by atoms with Gasteiger partial charge in [0.1, 0.15) is 0 Å². The first-order chi connectivity index (χ1) is 12.4. The molecule has 0 aliphatic carbocycles. The van der Waals surface area contributed by atoms with Gasteiger partial charge < -0.3 is 5.32 Å². The highest BCUT2D eigenvalue weighted by Crippen LogP contribution is 2.17. The third-order valence-electron chi connectivity index (χ3n) is 4.18. The van der Waals surface area contributed by atoms with Gasteiger partial charge in [-0.1, -0.05) is 47.1 Å². The van der Waals surface area contributed by atoms with Gasteiger partial charge in [-0.15, -0.1) is 0 Å². The topological polar surface area (TPSA) is 75.3 Å². The molecule has 1 amide bonds. The fraction of sp³-hybridized carbons (Fsp3) is 0.316. The second-order valence-corrected chi connectivity index (χ2v) is 8.81. The smallest absolute Gasteiger partial charge is 0.240 e. The maximum Gasteiger partial charge on any atom is 0.240 e. The number of rotatable bonds is 8. The second-order valence-electron chi connectivity index (χ2n) is 6.01. The van der Waals surface area contributed by atoms with Crippen molar-refractivity contribution in [3.63, 3.8) is 0 Å². The molecule has 2 N–H and O–H groups in total. The van der Waals surface area contributed by atoms with Crippen molar-refractivity contribution < 1.29 is 13.2 Å². The summed E-state index contributed by atoms with van der Waals surface area (Å²) >= 11 is 3.45. The first-order valence-electron chi connectivity index (χ1n) is 8.40. The van der Waals surface area contributed by atoms with E-state index in [4.69, 9.17) is 0 Å². The van der Waals surface area contributed by atoms with E-state index < -0.39 is 10.0 Å². The third-order valence-corrected chi connectivity index (χ3v) is 6.08. The zero-order chi connectivity index (χ0) is 19.2. The van der Waals surface area contributed by atoms with Crippen molar-refractivity contribution in [2.24, 2.45) is 5.92 Å². The molecule has 0 saturated heterocycles. The largest absolute Gasteiger partial charge is 0.352 e. The summed E-state index contributed by atoms with van der Waals surface area (Å²) in [4.78, 5) is 12.7. The lowest BCUT2D eigenvalue weighted by molar-refractivity contribution is -0.125. The number of benzene rings is 2. The first kappa shape index (κ1) is 20.6. The van der Waals surface area contributed by atoms with E-state index >= 15 is 0 Å². The Balaban J connectivity index is 2.01. The fourth-order valence-corrected chi connectivity index (χ4v) is 3.89. The summed E-state index contributed by atoms with van der Waals surface area (Å²) in [6.45, 7) is 2.28. The van der Waals surface area contributed by atoms with Crippen LogP contribution in [0.1, 0.15) is 24.5 Å². The molecule has 5 nitrogen and oxygen atoms in total. The molecule has 2 rings (SSSR count). The number of amides is 1. The Kier molecular flexibility index (Phi) is 7.37. The Morgan fingerprint density at radius 3 is 2.46 bits per heavy atom. The number of carbonyl (C=O) groups excluding carboxylic acids is 1. The van der Waals surface area contributed by atoms with Crippen LogP contribution in [0.4, 0.5) is 0 Å². The molecule has 140 valence electrons. The minimum absolute atomic E-state index is 0.0330. The quantitative estimate of drug-likeness (QED) is 0.663. The summed E-state index contributed by atoms with van der Waals surface area (Å²) in [6.07, 6.45) is 1.39. The van der Waals surface area contributed by atoms with Crippen molar-refractivity contribution in [1.82, 2.24) is 10.0 Å². The number of nitrogens with one attached hydrogen (secondary N) is 2. The average Bonchev–Trinajstić information content (AvgIpc) is 2.64. The van der Waals surface area contributed by atoms with Crippen molar-refractivity contribution >= 4 is 31.9 Å². The molecule has 26 heavy (non-hydrogen) atoms. The zero-order valence-corrected chi connectivity index (χ0v) is 17.2. The van der Waals surface area contributed by atoms with E-state index in [1.165, 1.54) is 13.1 Å². The second kappa shape index (κ2) is 9.30. The maximum absolute atomic E-state index is 12.5. The van der Waals surface area contributed by atoms with Crippen LogP contribution < -0.4 is 10.0 Å². The van der Waals surface area contributed by atoms with E-state index in [2.05, 4.69) is 26.0 Å². The van der Waals surface area contributed by atoms with Crippen LogP contribution in [0, 0.1) is 5.92 Å². The Bertz CT molecular complexity index is 869. The van der Waals surface area contributed by atoms with Crippen LogP contribution in [0.15, 0.2) is 57.9 Å². The molecule has 7 heteroatoms. The van der Waals surface area contributed by atoms with Gasteiger partial charge in [-0.25, -0.2) is 13.1 Å². The molecule has 0 radical (unpaired) electrons. The Hall–Kier alpha value is -1.70. The van der Waals surface area contributed by atoms with Gasteiger partial charge in [0.2, 0.25) is 15.9 Å². The van der Waals surface area contributed by atoms with E-state index in [0.717, 1.165) is 22.0 Å². The summed E-state index contributed by atoms with van der Waals surface area (Å²) in [7, 11) is -2.12. The fourth-order valence-electron chi connectivity index (χ4n) is 2.64. The summed E-state index contributed by atoms with van der Waals surface area (Å²) in [6, 6.07) is 14.5. The number of hydrogen-bond donors (Lipinski definition) is 2. The Labute approximate surface area is 163 Å².